The van der Waals surface area contributed by atoms with Gasteiger partial charge in [-0.25, -0.2) is 0 Å². The summed E-state index contributed by atoms with van der Waals surface area (Å²) in [6.07, 6.45) is 3.18. The van der Waals surface area contributed by atoms with Crippen LogP contribution in [0.3, 0.4) is 0 Å². The van der Waals surface area contributed by atoms with E-state index < -0.39 is 0 Å². The van der Waals surface area contributed by atoms with E-state index in [1.165, 1.54) is 16.9 Å². The number of hydrogen-bond acceptors (Lipinski definition) is 3. The van der Waals surface area contributed by atoms with Crippen molar-refractivity contribution in [3.63, 3.8) is 0 Å². The van der Waals surface area contributed by atoms with Crippen LogP contribution in [0.25, 0.3) is 0 Å². The molecule has 1 saturated heterocycles. The lowest BCUT2D eigenvalue weighted by molar-refractivity contribution is 0.673. The van der Waals surface area contributed by atoms with Gasteiger partial charge in [-0.15, -0.1) is 23.1 Å². The van der Waals surface area contributed by atoms with Crippen molar-refractivity contribution in [2.75, 3.05) is 5.75 Å². The molecule has 2 rings (SSSR count). The first kappa shape index (κ1) is 10.1. The molecule has 1 aromatic heterocycles. The van der Waals surface area contributed by atoms with Crippen molar-refractivity contribution in [2.24, 2.45) is 0 Å². The predicted octanol–water partition coefficient (Wildman–Crippen LogP) is 3.39. The number of thiophene rings is 1. The van der Waals surface area contributed by atoms with Crippen LogP contribution in [0.1, 0.15) is 23.3 Å². The van der Waals surface area contributed by atoms with Gasteiger partial charge in [0.15, 0.2) is 0 Å². The van der Waals surface area contributed by atoms with Gasteiger partial charge in [0.05, 0.1) is 6.07 Å². The zero-order valence-corrected chi connectivity index (χ0v) is 9.88. The van der Waals surface area contributed by atoms with Gasteiger partial charge in [0.2, 0.25) is 0 Å². The molecule has 14 heavy (non-hydrogen) atoms. The van der Waals surface area contributed by atoms with Crippen LogP contribution in [-0.2, 0) is 6.42 Å². The van der Waals surface area contributed by atoms with Crippen LogP contribution in [0.2, 0.25) is 0 Å². The van der Waals surface area contributed by atoms with Crippen LogP contribution >= 0.6 is 23.1 Å². The maximum absolute atomic E-state index is 9.22. The maximum Gasteiger partial charge on any atom is 0.106 e. The van der Waals surface area contributed by atoms with Crippen LogP contribution in [-0.4, -0.2) is 10.5 Å². The number of hydrogen-bond donors (Lipinski definition) is 0. The summed E-state index contributed by atoms with van der Waals surface area (Å²) in [6.45, 7) is 2.12. The Labute approximate surface area is 93.1 Å². The molecule has 2 heterocycles. The Morgan fingerprint density at radius 1 is 1.64 bits per heavy atom. The van der Waals surface area contributed by atoms with E-state index in [0.717, 1.165) is 18.6 Å². The monoisotopic (exact) mass is 223 g/mol. The minimum atomic E-state index is -0.118. The van der Waals surface area contributed by atoms with Crippen molar-refractivity contribution < 1.29 is 0 Å². The summed E-state index contributed by atoms with van der Waals surface area (Å²) in [5.41, 5.74) is 1.34. The minimum Gasteiger partial charge on any atom is -0.197 e. The molecule has 0 bridgehead atoms. The lowest BCUT2D eigenvalue weighted by Crippen LogP contribution is -2.21. The highest BCUT2D eigenvalue weighted by Crippen LogP contribution is 2.40. The molecular weight excluding hydrogens is 210 g/mol. The molecule has 0 radical (unpaired) electrons. The Bertz CT molecular complexity index is 356. The van der Waals surface area contributed by atoms with E-state index in [4.69, 9.17) is 0 Å². The van der Waals surface area contributed by atoms with Crippen molar-refractivity contribution in [1.29, 1.82) is 5.26 Å². The van der Waals surface area contributed by atoms with Crippen LogP contribution in [0, 0.1) is 18.3 Å². The second-order valence-electron chi connectivity index (χ2n) is 3.80. The van der Waals surface area contributed by atoms with E-state index in [9.17, 15) is 5.26 Å². The Hall–Kier alpha value is -0.460. The number of nitriles is 1. The van der Waals surface area contributed by atoms with E-state index in [2.05, 4.69) is 24.4 Å². The fourth-order valence-electron chi connectivity index (χ4n) is 1.88. The minimum absolute atomic E-state index is 0.118. The summed E-state index contributed by atoms with van der Waals surface area (Å²) in [6, 6.07) is 4.71. The van der Waals surface area contributed by atoms with Crippen molar-refractivity contribution in [1.82, 2.24) is 0 Å². The lowest BCUT2D eigenvalue weighted by atomic mass is 9.97. The van der Waals surface area contributed by atoms with Gasteiger partial charge in [-0.2, -0.15) is 5.26 Å². The van der Waals surface area contributed by atoms with Gasteiger partial charge >= 0.3 is 0 Å². The number of nitrogens with zero attached hydrogens (tertiary/aromatic N) is 1. The molecule has 0 N–H and O–H groups in total. The van der Waals surface area contributed by atoms with Gasteiger partial charge in [-0.05, 0) is 42.5 Å². The number of rotatable bonds is 2. The first-order valence-corrected chi connectivity index (χ1v) is 6.70. The third-order valence-corrected chi connectivity index (χ3v) is 4.98. The normalized spacial score (nSPS) is 26.3. The molecule has 0 spiro atoms. The molecule has 1 aromatic rings. The van der Waals surface area contributed by atoms with Crippen LogP contribution < -0.4 is 0 Å². The molecule has 0 saturated carbocycles. The Morgan fingerprint density at radius 2 is 2.50 bits per heavy atom. The maximum atomic E-state index is 9.22. The molecule has 0 amide bonds. The van der Waals surface area contributed by atoms with Gasteiger partial charge in [0, 0.05) is 11.3 Å². The average molecular weight is 223 g/mol. The average Bonchev–Trinajstić information content (AvgIpc) is 2.77. The first-order chi connectivity index (χ1) is 6.74. The standard InChI is InChI=1S/C11H13NS2/c1-9-5-10(7-13-9)6-11(8-12)3-2-4-14-11/h5,7H,2-4,6H2,1H3. The van der Waals surface area contributed by atoms with Gasteiger partial charge in [0.1, 0.15) is 4.75 Å². The highest BCUT2D eigenvalue weighted by molar-refractivity contribution is 8.01. The van der Waals surface area contributed by atoms with E-state index in [0.29, 0.717) is 0 Å². The van der Waals surface area contributed by atoms with Crippen molar-refractivity contribution in [2.45, 2.75) is 30.9 Å². The third kappa shape index (κ3) is 1.97. The van der Waals surface area contributed by atoms with Crippen molar-refractivity contribution in [3.8, 4) is 6.07 Å². The van der Waals surface area contributed by atoms with Crippen molar-refractivity contribution in [3.05, 3.63) is 21.9 Å². The summed E-state index contributed by atoms with van der Waals surface area (Å²) >= 11 is 3.62. The first-order valence-electron chi connectivity index (χ1n) is 4.83. The van der Waals surface area contributed by atoms with Crippen LogP contribution in [0.4, 0.5) is 0 Å². The van der Waals surface area contributed by atoms with Crippen molar-refractivity contribution >= 4 is 23.1 Å². The van der Waals surface area contributed by atoms with Gasteiger partial charge in [-0.3, -0.25) is 0 Å². The number of aryl methyl sites for hydroxylation is 1. The highest BCUT2D eigenvalue weighted by atomic mass is 32.2. The van der Waals surface area contributed by atoms with Gasteiger partial charge < -0.3 is 0 Å². The van der Waals surface area contributed by atoms with Crippen LogP contribution in [0.5, 0.6) is 0 Å². The SMILES string of the molecule is Cc1cc(CC2(C#N)CCCS2)cs1. The fourth-order valence-corrected chi connectivity index (χ4v) is 3.89. The summed E-state index contributed by atoms with van der Waals surface area (Å²) in [7, 11) is 0. The molecule has 1 unspecified atom stereocenters. The largest absolute Gasteiger partial charge is 0.197 e. The fraction of sp³-hybridized carbons (Fsp3) is 0.545. The molecule has 1 aliphatic heterocycles. The summed E-state index contributed by atoms with van der Waals surface area (Å²) in [5.74, 6) is 1.15. The third-order valence-electron chi connectivity index (χ3n) is 2.58. The summed E-state index contributed by atoms with van der Waals surface area (Å²) in [5, 5.41) is 11.4. The molecule has 3 heteroatoms. The lowest BCUT2D eigenvalue weighted by Gasteiger charge is -2.17. The van der Waals surface area contributed by atoms with E-state index >= 15 is 0 Å². The molecule has 0 aliphatic carbocycles. The van der Waals surface area contributed by atoms with E-state index in [1.807, 2.05) is 11.8 Å². The quantitative estimate of drug-likeness (QED) is 0.767. The molecule has 0 aromatic carbocycles. The zero-order chi connectivity index (χ0) is 10.0. The van der Waals surface area contributed by atoms with E-state index in [-0.39, 0.29) is 4.75 Å². The zero-order valence-electron chi connectivity index (χ0n) is 8.25. The second-order valence-corrected chi connectivity index (χ2v) is 6.39. The molecule has 74 valence electrons. The topological polar surface area (TPSA) is 23.8 Å². The Kier molecular flexibility index (Phi) is 2.85. The van der Waals surface area contributed by atoms with Gasteiger partial charge in [-0.1, -0.05) is 0 Å². The Balaban J connectivity index is 2.13. The summed E-state index contributed by atoms with van der Waals surface area (Å²) in [4.78, 5) is 1.34. The Morgan fingerprint density at radius 3 is 3.00 bits per heavy atom. The highest BCUT2D eigenvalue weighted by Gasteiger charge is 2.34. The number of thioether (sulfide) groups is 1. The molecule has 1 aliphatic rings. The molecule has 1 nitrogen and oxygen atoms in total. The van der Waals surface area contributed by atoms with E-state index in [1.54, 1.807) is 11.3 Å². The van der Waals surface area contributed by atoms with Crippen LogP contribution in [0.15, 0.2) is 11.4 Å². The molecule has 1 fully saturated rings. The smallest absolute Gasteiger partial charge is 0.106 e. The predicted molar refractivity (Wildman–Crippen MR) is 62.8 cm³/mol. The second kappa shape index (κ2) is 3.96. The molecule has 1 atom stereocenters. The molecular formula is C11H13NS2. The summed E-state index contributed by atoms with van der Waals surface area (Å²) < 4.78 is -0.118. The van der Waals surface area contributed by atoms with Gasteiger partial charge in [0.25, 0.3) is 0 Å².